The van der Waals surface area contributed by atoms with Crippen LogP contribution >= 0.6 is 0 Å². The molecule has 0 aromatic carbocycles. The highest BCUT2D eigenvalue weighted by Crippen LogP contribution is 2.10. The first kappa shape index (κ1) is 21.9. The molecule has 0 amide bonds. The van der Waals surface area contributed by atoms with Gasteiger partial charge >= 0.3 is 0 Å². The van der Waals surface area contributed by atoms with E-state index < -0.39 is 0 Å². The zero-order valence-electron chi connectivity index (χ0n) is 15.2. The van der Waals surface area contributed by atoms with Gasteiger partial charge in [0, 0.05) is 0 Å². The predicted octanol–water partition coefficient (Wildman–Crippen LogP) is 4.76. The van der Waals surface area contributed by atoms with Crippen LogP contribution in [0.1, 0.15) is 104 Å². The van der Waals surface area contributed by atoms with Gasteiger partial charge in [0.05, 0.1) is 6.10 Å². The summed E-state index contributed by atoms with van der Waals surface area (Å²) < 4.78 is 0. The summed E-state index contributed by atoms with van der Waals surface area (Å²) in [5.41, 5.74) is 0. The lowest BCUT2D eigenvalue weighted by atomic mass is 10.1. The lowest BCUT2D eigenvalue weighted by molar-refractivity contribution is 0.124. The van der Waals surface area contributed by atoms with Crippen LogP contribution in [0.2, 0.25) is 0 Å². The van der Waals surface area contributed by atoms with E-state index in [1.165, 1.54) is 64.2 Å². The zero-order chi connectivity index (χ0) is 16.5. The second kappa shape index (κ2) is 17.2. The van der Waals surface area contributed by atoms with Crippen LogP contribution in [0.4, 0.5) is 0 Å². The Balaban J connectivity index is 3.14. The third kappa shape index (κ3) is 17.9. The molecule has 0 aliphatic rings. The molecule has 0 spiro atoms. The predicted molar refractivity (Wildman–Crippen MR) is 96.0 cm³/mol. The van der Waals surface area contributed by atoms with E-state index in [0.717, 1.165) is 32.2 Å². The van der Waals surface area contributed by atoms with Gasteiger partial charge < -0.3 is 10.2 Å². The molecule has 3 nitrogen and oxygen atoms in total. The van der Waals surface area contributed by atoms with Crippen LogP contribution in [0.15, 0.2) is 0 Å². The van der Waals surface area contributed by atoms with Crippen LogP contribution < -0.4 is 5.32 Å². The summed E-state index contributed by atoms with van der Waals surface area (Å²) in [7, 11) is 0. The molecule has 0 heterocycles. The summed E-state index contributed by atoms with van der Waals surface area (Å²) in [5, 5.41) is 22.2. The Morgan fingerprint density at radius 3 is 1.77 bits per heavy atom. The second-order valence-corrected chi connectivity index (χ2v) is 6.79. The van der Waals surface area contributed by atoms with Gasteiger partial charge in [0.15, 0.2) is 0 Å². The molecule has 0 saturated heterocycles. The molecule has 0 aromatic rings. The molecule has 0 saturated carbocycles. The minimum absolute atomic E-state index is 0.145. The van der Waals surface area contributed by atoms with Crippen LogP contribution in [-0.4, -0.2) is 29.1 Å². The van der Waals surface area contributed by atoms with Gasteiger partial charge in [-0.3, -0.25) is 5.32 Å². The van der Waals surface area contributed by atoms with E-state index in [0.29, 0.717) is 0 Å². The molecule has 134 valence electrons. The maximum absolute atomic E-state index is 9.85. The van der Waals surface area contributed by atoms with Crippen LogP contribution in [0.3, 0.4) is 0 Å². The number of aliphatic hydroxyl groups excluding tert-OH is 2. The quantitative estimate of drug-likeness (QED) is 0.268. The minimum atomic E-state index is -0.314. The molecule has 0 aromatic heterocycles. The van der Waals surface area contributed by atoms with E-state index in [2.05, 4.69) is 12.2 Å². The van der Waals surface area contributed by atoms with Gasteiger partial charge in [-0.1, -0.05) is 71.1 Å². The Morgan fingerprint density at radius 2 is 1.18 bits per heavy atom. The molecule has 2 atom stereocenters. The Bertz CT molecular complexity index is 210. The van der Waals surface area contributed by atoms with Crippen molar-refractivity contribution < 1.29 is 10.2 Å². The van der Waals surface area contributed by atoms with Crippen molar-refractivity contribution in [3.05, 3.63) is 0 Å². The Labute approximate surface area is 138 Å². The molecule has 0 fully saturated rings. The van der Waals surface area contributed by atoms with Gasteiger partial charge in [-0.15, -0.1) is 0 Å². The van der Waals surface area contributed by atoms with Gasteiger partial charge in [-0.25, -0.2) is 0 Å². The third-order valence-corrected chi connectivity index (χ3v) is 4.26. The molecule has 0 radical (unpaired) electrons. The molecule has 0 bridgehead atoms. The first-order valence-electron chi connectivity index (χ1n) is 9.76. The smallest absolute Gasteiger partial charge is 0.104 e. The monoisotopic (exact) mass is 315 g/mol. The van der Waals surface area contributed by atoms with E-state index in [1.54, 1.807) is 0 Å². The highest BCUT2D eigenvalue weighted by atomic mass is 16.3. The Hall–Kier alpha value is -0.120. The summed E-state index contributed by atoms with van der Waals surface area (Å²) in [5.74, 6) is 0. The van der Waals surface area contributed by atoms with Crippen molar-refractivity contribution in [2.24, 2.45) is 0 Å². The molecule has 3 heteroatoms. The molecule has 3 N–H and O–H groups in total. The van der Waals surface area contributed by atoms with E-state index in [-0.39, 0.29) is 12.3 Å². The highest BCUT2D eigenvalue weighted by Gasteiger charge is 2.02. The maximum Gasteiger partial charge on any atom is 0.104 e. The van der Waals surface area contributed by atoms with Crippen LogP contribution in [-0.2, 0) is 0 Å². The number of unbranched alkanes of at least 4 members (excludes halogenated alkanes) is 10. The van der Waals surface area contributed by atoms with E-state index in [1.807, 2.05) is 6.92 Å². The van der Waals surface area contributed by atoms with E-state index >= 15 is 0 Å². The molecule has 2 unspecified atom stereocenters. The van der Waals surface area contributed by atoms with Crippen molar-refractivity contribution in [2.45, 2.75) is 116 Å². The Kier molecular flexibility index (Phi) is 17.1. The van der Waals surface area contributed by atoms with Crippen molar-refractivity contribution in [2.75, 3.05) is 6.54 Å². The number of nitrogens with one attached hydrogen (secondary N) is 1. The highest BCUT2D eigenvalue weighted by molar-refractivity contribution is 4.56. The number of rotatable bonds is 17. The van der Waals surface area contributed by atoms with E-state index in [4.69, 9.17) is 5.11 Å². The largest absolute Gasteiger partial charge is 0.393 e. The summed E-state index contributed by atoms with van der Waals surface area (Å²) in [4.78, 5) is 0. The summed E-state index contributed by atoms with van der Waals surface area (Å²) in [6, 6.07) is 0. The second-order valence-electron chi connectivity index (χ2n) is 6.79. The summed E-state index contributed by atoms with van der Waals surface area (Å²) in [6.07, 6.45) is 16.4. The zero-order valence-corrected chi connectivity index (χ0v) is 15.2. The topological polar surface area (TPSA) is 52.5 Å². The molecule has 0 aliphatic heterocycles. The van der Waals surface area contributed by atoms with Gasteiger partial charge in [-0.05, 0) is 39.2 Å². The molecule has 0 rings (SSSR count). The average molecular weight is 316 g/mol. The fourth-order valence-corrected chi connectivity index (χ4v) is 2.76. The lowest BCUT2D eigenvalue weighted by Gasteiger charge is -2.12. The van der Waals surface area contributed by atoms with E-state index in [9.17, 15) is 5.11 Å². The number of hydrogen-bond donors (Lipinski definition) is 3. The van der Waals surface area contributed by atoms with Crippen LogP contribution in [0, 0.1) is 0 Å². The first-order valence-corrected chi connectivity index (χ1v) is 9.76. The number of hydrogen-bond acceptors (Lipinski definition) is 3. The molecule has 0 aliphatic carbocycles. The number of aliphatic hydroxyl groups is 2. The average Bonchev–Trinajstić information content (AvgIpc) is 2.48. The first-order chi connectivity index (χ1) is 10.7. The van der Waals surface area contributed by atoms with Crippen LogP contribution in [0.5, 0.6) is 0 Å². The van der Waals surface area contributed by atoms with Crippen LogP contribution in [0.25, 0.3) is 0 Å². The van der Waals surface area contributed by atoms with Crippen molar-refractivity contribution in [3.8, 4) is 0 Å². The third-order valence-electron chi connectivity index (χ3n) is 4.26. The van der Waals surface area contributed by atoms with Gasteiger partial charge in [0.2, 0.25) is 0 Å². The summed E-state index contributed by atoms with van der Waals surface area (Å²) in [6.45, 7) is 5.06. The fourth-order valence-electron chi connectivity index (χ4n) is 2.76. The normalized spacial score (nSPS) is 14.2. The molecular weight excluding hydrogens is 274 g/mol. The molecular formula is C19H41NO2. The minimum Gasteiger partial charge on any atom is -0.393 e. The fraction of sp³-hybridized carbons (Fsp3) is 1.00. The van der Waals surface area contributed by atoms with Gasteiger partial charge in [0.25, 0.3) is 0 Å². The standard InChI is InChI=1S/C19H41NO2/c1-3-4-5-6-11-14-17-20-19(22)16-13-10-8-7-9-12-15-18(2)21/h18-22H,3-17H2,1-2H3. The van der Waals surface area contributed by atoms with Crippen molar-refractivity contribution in [1.29, 1.82) is 0 Å². The maximum atomic E-state index is 9.85. The van der Waals surface area contributed by atoms with Gasteiger partial charge in [-0.2, -0.15) is 0 Å². The SMILES string of the molecule is CCCCCCCCNC(O)CCCCCCCCC(C)O. The Morgan fingerprint density at radius 1 is 0.682 bits per heavy atom. The molecule has 22 heavy (non-hydrogen) atoms. The van der Waals surface area contributed by atoms with Gasteiger partial charge in [0.1, 0.15) is 6.23 Å². The van der Waals surface area contributed by atoms with Crippen molar-refractivity contribution in [3.63, 3.8) is 0 Å². The van der Waals surface area contributed by atoms with Crippen molar-refractivity contribution in [1.82, 2.24) is 5.32 Å². The summed E-state index contributed by atoms with van der Waals surface area (Å²) >= 11 is 0. The lowest BCUT2D eigenvalue weighted by Crippen LogP contribution is -2.29. The van der Waals surface area contributed by atoms with Crippen molar-refractivity contribution >= 4 is 0 Å².